The summed E-state index contributed by atoms with van der Waals surface area (Å²) in [6.07, 6.45) is -3.74. The monoisotopic (exact) mass is 379 g/mol. The minimum absolute atomic E-state index is 0.143. The fraction of sp³-hybridized carbons (Fsp3) is 0.222. The third-order valence-corrected chi connectivity index (χ3v) is 3.59. The number of benzene rings is 2. The molecule has 142 valence electrons. The van der Waals surface area contributed by atoms with Crippen LogP contribution >= 0.6 is 0 Å². The van der Waals surface area contributed by atoms with Gasteiger partial charge in [-0.1, -0.05) is 11.6 Å². The molecule has 0 saturated carbocycles. The third kappa shape index (κ3) is 4.25. The van der Waals surface area contributed by atoms with E-state index in [1.54, 1.807) is 25.1 Å². The van der Waals surface area contributed by atoms with E-state index in [2.05, 4.69) is 14.8 Å². The topological polar surface area (TPSA) is 83.1 Å². The van der Waals surface area contributed by atoms with Crippen LogP contribution in [0.15, 0.2) is 36.4 Å². The zero-order valence-corrected chi connectivity index (χ0v) is 14.4. The summed E-state index contributed by atoms with van der Waals surface area (Å²) in [6, 6.07) is 8.73. The molecule has 9 heteroatoms. The van der Waals surface area contributed by atoms with Crippen LogP contribution in [-0.2, 0) is 9.53 Å². The van der Waals surface area contributed by atoms with Gasteiger partial charge in [0.2, 0.25) is 0 Å². The van der Waals surface area contributed by atoms with E-state index < -0.39 is 24.8 Å². The van der Waals surface area contributed by atoms with Gasteiger partial charge >= 0.3 is 12.3 Å². The number of alkyl halides is 2. The van der Waals surface area contributed by atoms with E-state index in [0.717, 1.165) is 5.56 Å². The Kier molecular flexibility index (Phi) is 4.85. The number of rotatable bonds is 5. The zero-order chi connectivity index (χ0) is 19.6. The molecule has 1 aliphatic rings. The summed E-state index contributed by atoms with van der Waals surface area (Å²) in [4.78, 5) is 24.1. The van der Waals surface area contributed by atoms with Crippen LogP contribution < -0.4 is 19.5 Å². The molecular formula is C18H15F2NO6. The van der Waals surface area contributed by atoms with Crippen LogP contribution in [0, 0.1) is 6.92 Å². The number of hydrogen-bond donors (Lipinski definition) is 1. The average Bonchev–Trinajstić information content (AvgIpc) is 2.92. The number of halogens is 2. The van der Waals surface area contributed by atoms with Crippen molar-refractivity contribution in [2.24, 2.45) is 0 Å². The van der Waals surface area contributed by atoms with Gasteiger partial charge in [-0.15, -0.1) is 8.78 Å². The Labute approximate surface area is 152 Å². The van der Waals surface area contributed by atoms with E-state index in [0.29, 0.717) is 5.75 Å². The number of amides is 1. The summed E-state index contributed by atoms with van der Waals surface area (Å²) in [7, 11) is 1.41. The van der Waals surface area contributed by atoms with Crippen LogP contribution in [-0.4, -0.2) is 31.9 Å². The summed E-state index contributed by atoms with van der Waals surface area (Å²) in [5.41, 5.74) is 1.20. The lowest BCUT2D eigenvalue weighted by atomic mass is 10.1. The quantitative estimate of drug-likeness (QED) is 0.804. The van der Waals surface area contributed by atoms with Crippen LogP contribution in [0.4, 0.5) is 14.5 Å². The molecule has 0 fully saturated rings. The van der Waals surface area contributed by atoms with Gasteiger partial charge in [-0.25, -0.2) is 4.79 Å². The van der Waals surface area contributed by atoms with Crippen LogP contribution in [0.5, 0.6) is 17.2 Å². The van der Waals surface area contributed by atoms with E-state index >= 15 is 0 Å². The molecule has 27 heavy (non-hydrogen) atoms. The highest BCUT2D eigenvalue weighted by Gasteiger charge is 2.43. The van der Waals surface area contributed by atoms with Crippen molar-refractivity contribution < 1.29 is 37.3 Å². The van der Waals surface area contributed by atoms with Crippen LogP contribution in [0.1, 0.15) is 15.9 Å². The van der Waals surface area contributed by atoms with Crippen LogP contribution in [0.2, 0.25) is 0 Å². The molecular weight excluding hydrogens is 364 g/mol. The fourth-order valence-corrected chi connectivity index (χ4v) is 2.41. The Balaban J connectivity index is 1.59. The Morgan fingerprint density at radius 1 is 1.11 bits per heavy atom. The first-order valence-corrected chi connectivity index (χ1v) is 7.79. The number of anilines is 1. The molecule has 0 bridgehead atoms. The highest BCUT2D eigenvalue weighted by Crippen LogP contribution is 2.42. The first-order valence-electron chi connectivity index (χ1n) is 7.79. The number of hydrogen-bond acceptors (Lipinski definition) is 6. The van der Waals surface area contributed by atoms with Gasteiger partial charge in [0, 0.05) is 11.8 Å². The van der Waals surface area contributed by atoms with Crippen molar-refractivity contribution in [3.05, 3.63) is 47.5 Å². The molecule has 1 heterocycles. The van der Waals surface area contributed by atoms with Gasteiger partial charge < -0.3 is 24.3 Å². The second-order valence-corrected chi connectivity index (χ2v) is 5.66. The van der Waals surface area contributed by atoms with Crippen LogP contribution in [0.3, 0.4) is 0 Å². The smallest absolute Gasteiger partial charge is 0.496 e. The molecule has 0 radical (unpaired) electrons. The molecule has 1 N–H and O–H groups in total. The number of carbonyl (C=O) groups is 2. The lowest BCUT2D eigenvalue weighted by Gasteiger charge is -2.10. The molecule has 3 rings (SSSR count). The van der Waals surface area contributed by atoms with Gasteiger partial charge in [0.15, 0.2) is 18.1 Å². The van der Waals surface area contributed by atoms with Crippen molar-refractivity contribution in [3.8, 4) is 17.2 Å². The molecule has 2 aromatic rings. The number of esters is 1. The Morgan fingerprint density at radius 3 is 2.59 bits per heavy atom. The lowest BCUT2D eigenvalue weighted by molar-refractivity contribution is -0.286. The zero-order valence-electron chi connectivity index (χ0n) is 14.4. The molecule has 0 atom stereocenters. The fourth-order valence-electron chi connectivity index (χ4n) is 2.41. The van der Waals surface area contributed by atoms with Gasteiger partial charge in [0.1, 0.15) is 11.3 Å². The number of carbonyl (C=O) groups excluding carboxylic acids is 2. The van der Waals surface area contributed by atoms with E-state index in [1.165, 1.54) is 25.3 Å². The maximum atomic E-state index is 13.0. The standard InChI is InChI=1S/C18H15F2NO6/c1-10-3-5-13(24-2)12(7-10)17(23)25-9-16(22)21-11-4-6-14-15(8-11)27-18(19,20)26-14/h3-8H,9H2,1-2H3,(H,21,22). The lowest BCUT2D eigenvalue weighted by Crippen LogP contribution is -2.25. The predicted molar refractivity (Wildman–Crippen MR) is 89.3 cm³/mol. The third-order valence-electron chi connectivity index (χ3n) is 3.59. The molecule has 1 amide bonds. The van der Waals surface area contributed by atoms with Gasteiger partial charge in [0.25, 0.3) is 5.91 Å². The molecule has 0 saturated heterocycles. The SMILES string of the molecule is COc1ccc(C)cc1C(=O)OCC(=O)Nc1ccc2c(c1)OC(F)(F)O2. The van der Waals surface area contributed by atoms with E-state index in [4.69, 9.17) is 9.47 Å². The second-order valence-electron chi connectivity index (χ2n) is 5.66. The summed E-state index contributed by atoms with van der Waals surface area (Å²) in [6.45, 7) is 1.23. The Morgan fingerprint density at radius 2 is 1.85 bits per heavy atom. The molecule has 1 aliphatic heterocycles. The number of nitrogens with one attached hydrogen (secondary N) is 1. The largest absolute Gasteiger partial charge is 0.586 e. The minimum atomic E-state index is -3.74. The average molecular weight is 379 g/mol. The number of methoxy groups -OCH3 is 1. The highest BCUT2D eigenvalue weighted by atomic mass is 19.3. The summed E-state index contributed by atoms with van der Waals surface area (Å²) < 4.78 is 44.6. The first kappa shape index (κ1) is 18.4. The predicted octanol–water partition coefficient (Wildman–Crippen LogP) is 3.12. The summed E-state index contributed by atoms with van der Waals surface area (Å²) >= 11 is 0. The van der Waals surface area contributed by atoms with Gasteiger partial charge in [-0.3, -0.25) is 4.79 Å². The van der Waals surface area contributed by atoms with Crippen molar-refractivity contribution in [1.29, 1.82) is 0 Å². The van der Waals surface area contributed by atoms with Crippen molar-refractivity contribution in [1.82, 2.24) is 0 Å². The normalized spacial score (nSPS) is 13.8. The minimum Gasteiger partial charge on any atom is -0.496 e. The Bertz CT molecular complexity index is 899. The van der Waals surface area contributed by atoms with Gasteiger partial charge in [-0.05, 0) is 31.2 Å². The van der Waals surface area contributed by atoms with Gasteiger partial charge in [0.05, 0.1) is 7.11 Å². The molecule has 7 nitrogen and oxygen atoms in total. The van der Waals surface area contributed by atoms with Crippen molar-refractivity contribution in [2.75, 3.05) is 19.0 Å². The maximum Gasteiger partial charge on any atom is 0.586 e. The number of aryl methyl sites for hydroxylation is 1. The molecule has 0 unspecified atom stereocenters. The van der Waals surface area contributed by atoms with E-state index in [-0.39, 0.29) is 22.7 Å². The Hall–Kier alpha value is -3.36. The van der Waals surface area contributed by atoms with E-state index in [9.17, 15) is 18.4 Å². The first-order chi connectivity index (χ1) is 12.8. The summed E-state index contributed by atoms with van der Waals surface area (Å²) in [5.74, 6) is -1.41. The van der Waals surface area contributed by atoms with Crippen molar-refractivity contribution >= 4 is 17.6 Å². The van der Waals surface area contributed by atoms with Crippen molar-refractivity contribution in [3.63, 3.8) is 0 Å². The van der Waals surface area contributed by atoms with E-state index in [1.807, 2.05) is 0 Å². The molecule has 0 spiro atoms. The molecule has 0 aliphatic carbocycles. The maximum absolute atomic E-state index is 13.0. The number of fused-ring (bicyclic) bond motifs is 1. The van der Waals surface area contributed by atoms with Gasteiger partial charge in [-0.2, -0.15) is 0 Å². The second kappa shape index (κ2) is 7.10. The van der Waals surface area contributed by atoms with Crippen molar-refractivity contribution in [2.45, 2.75) is 13.2 Å². The summed E-state index contributed by atoms with van der Waals surface area (Å²) in [5, 5.41) is 2.42. The number of ether oxygens (including phenoxy) is 4. The van der Waals surface area contributed by atoms with Crippen LogP contribution in [0.25, 0.3) is 0 Å². The molecule has 2 aromatic carbocycles. The highest BCUT2D eigenvalue weighted by molar-refractivity contribution is 5.97. The molecule has 0 aromatic heterocycles.